The molecule has 0 radical (unpaired) electrons. The Morgan fingerprint density at radius 2 is 1.95 bits per heavy atom. The van der Waals surface area contributed by atoms with E-state index < -0.39 is 0 Å². The van der Waals surface area contributed by atoms with E-state index in [1.54, 1.807) is 0 Å². The molecule has 1 N–H and O–H groups in total. The first kappa shape index (κ1) is 14.8. The summed E-state index contributed by atoms with van der Waals surface area (Å²) < 4.78 is 5.36. The van der Waals surface area contributed by atoms with Crippen molar-refractivity contribution >= 4 is 5.91 Å². The number of nitrogens with one attached hydrogen (secondary N) is 1. The zero-order chi connectivity index (χ0) is 14.0. The average Bonchev–Trinajstić information content (AvgIpc) is 2.66. The number of rotatable bonds is 4. The maximum atomic E-state index is 12.5. The fourth-order valence-electron chi connectivity index (χ4n) is 3.08. The molecule has 3 atom stereocenters. The number of carbonyl (C=O) groups excluding carboxylic acids is 1. The molecule has 2 rings (SSSR count). The largest absolute Gasteiger partial charge is 0.379 e. The minimum Gasteiger partial charge on any atom is -0.379 e. The number of ether oxygens (including phenoxy) is 1. The molecule has 2 saturated heterocycles. The predicted molar refractivity (Wildman–Crippen MR) is 74.8 cm³/mol. The summed E-state index contributed by atoms with van der Waals surface area (Å²) >= 11 is 0. The molecule has 0 spiro atoms. The number of hydrogen-bond donors (Lipinski definition) is 1. The van der Waals surface area contributed by atoms with E-state index >= 15 is 0 Å². The smallest absolute Gasteiger partial charge is 0.241 e. The lowest BCUT2D eigenvalue weighted by Crippen LogP contribution is -2.49. The van der Waals surface area contributed by atoms with Crippen LogP contribution in [-0.4, -0.2) is 66.8 Å². The number of morpholine rings is 1. The van der Waals surface area contributed by atoms with Gasteiger partial charge in [0.1, 0.15) is 0 Å². The van der Waals surface area contributed by atoms with Gasteiger partial charge >= 0.3 is 0 Å². The van der Waals surface area contributed by atoms with Crippen LogP contribution in [0.25, 0.3) is 0 Å². The van der Waals surface area contributed by atoms with Gasteiger partial charge in [0.2, 0.25) is 5.91 Å². The van der Waals surface area contributed by atoms with Crippen LogP contribution in [0.5, 0.6) is 0 Å². The highest BCUT2D eigenvalue weighted by molar-refractivity contribution is 5.84. The van der Waals surface area contributed by atoms with Crippen LogP contribution in [0.1, 0.15) is 27.7 Å². The summed E-state index contributed by atoms with van der Waals surface area (Å²) in [6, 6.07) is 0.221. The first-order chi connectivity index (χ1) is 9.00. The van der Waals surface area contributed by atoms with E-state index in [2.05, 4.69) is 37.9 Å². The van der Waals surface area contributed by atoms with Crippen molar-refractivity contribution in [3.05, 3.63) is 0 Å². The minimum absolute atomic E-state index is 0.0258. The molecule has 1 amide bonds. The van der Waals surface area contributed by atoms with E-state index in [9.17, 15) is 4.79 Å². The maximum absolute atomic E-state index is 12.5. The topological polar surface area (TPSA) is 44.8 Å². The summed E-state index contributed by atoms with van der Waals surface area (Å²) in [5.41, 5.74) is 0. The van der Waals surface area contributed by atoms with Crippen molar-refractivity contribution in [1.29, 1.82) is 0 Å². The van der Waals surface area contributed by atoms with Crippen LogP contribution in [0.3, 0.4) is 0 Å². The van der Waals surface area contributed by atoms with Crippen molar-refractivity contribution in [2.24, 2.45) is 5.92 Å². The van der Waals surface area contributed by atoms with E-state index in [1.807, 2.05) is 4.90 Å². The predicted octanol–water partition coefficient (Wildman–Crippen LogP) is 0.510. The molecule has 0 saturated carbocycles. The van der Waals surface area contributed by atoms with Gasteiger partial charge in [0.25, 0.3) is 0 Å². The molecule has 3 unspecified atom stereocenters. The van der Waals surface area contributed by atoms with Crippen LogP contribution < -0.4 is 5.32 Å². The van der Waals surface area contributed by atoms with Crippen molar-refractivity contribution in [2.75, 3.05) is 32.8 Å². The van der Waals surface area contributed by atoms with Gasteiger partial charge in [-0.05, 0) is 19.8 Å². The van der Waals surface area contributed by atoms with Gasteiger partial charge in [-0.2, -0.15) is 0 Å². The molecular weight excluding hydrogens is 242 g/mol. The van der Waals surface area contributed by atoms with Crippen molar-refractivity contribution in [3.63, 3.8) is 0 Å². The van der Waals surface area contributed by atoms with E-state index in [0.29, 0.717) is 5.92 Å². The Labute approximate surface area is 116 Å². The first-order valence-electron chi connectivity index (χ1n) is 7.39. The molecule has 2 heterocycles. The van der Waals surface area contributed by atoms with Crippen LogP contribution in [0.4, 0.5) is 0 Å². The van der Waals surface area contributed by atoms with Gasteiger partial charge in [-0.3, -0.25) is 15.0 Å². The number of amides is 1. The molecule has 0 aliphatic carbocycles. The lowest BCUT2D eigenvalue weighted by Gasteiger charge is -2.34. The summed E-state index contributed by atoms with van der Waals surface area (Å²) in [5, 5.41) is 3.40. The van der Waals surface area contributed by atoms with Crippen LogP contribution in [0, 0.1) is 5.92 Å². The monoisotopic (exact) mass is 269 g/mol. The highest BCUT2D eigenvalue weighted by Crippen LogP contribution is 2.20. The van der Waals surface area contributed by atoms with E-state index in [4.69, 9.17) is 4.74 Å². The normalized spacial score (nSPS) is 31.2. The Morgan fingerprint density at radius 3 is 2.47 bits per heavy atom. The van der Waals surface area contributed by atoms with Crippen molar-refractivity contribution in [2.45, 2.75) is 45.9 Å². The summed E-state index contributed by atoms with van der Waals surface area (Å²) in [4.78, 5) is 16.9. The second-order valence-corrected chi connectivity index (χ2v) is 6.07. The third-order valence-electron chi connectivity index (χ3n) is 4.13. The van der Waals surface area contributed by atoms with Crippen LogP contribution in [-0.2, 0) is 9.53 Å². The SMILES string of the molecule is CC(C)C1NC(C)N(C(C)CN2CCOCC2)C1=O. The molecule has 5 heteroatoms. The van der Waals surface area contributed by atoms with Crippen LogP contribution in [0.15, 0.2) is 0 Å². The number of nitrogens with zero attached hydrogens (tertiary/aromatic N) is 2. The van der Waals surface area contributed by atoms with Crippen LogP contribution in [0.2, 0.25) is 0 Å². The Balaban J connectivity index is 1.94. The zero-order valence-electron chi connectivity index (χ0n) is 12.6. The molecule has 5 nitrogen and oxygen atoms in total. The van der Waals surface area contributed by atoms with Gasteiger partial charge in [-0.1, -0.05) is 13.8 Å². The van der Waals surface area contributed by atoms with Crippen molar-refractivity contribution in [3.8, 4) is 0 Å². The Kier molecular flexibility index (Phi) is 4.81. The van der Waals surface area contributed by atoms with Crippen LogP contribution >= 0.6 is 0 Å². The summed E-state index contributed by atoms with van der Waals surface area (Å²) in [6.45, 7) is 12.9. The fourth-order valence-corrected chi connectivity index (χ4v) is 3.08. The van der Waals surface area contributed by atoms with Crippen molar-refractivity contribution < 1.29 is 9.53 Å². The van der Waals surface area contributed by atoms with Gasteiger partial charge in [0.05, 0.1) is 25.4 Å². The molecule has 0 aromatic heterocycles. The second kappa shape index (κ2) is 6.20. The summed E-state index contributed by atoms with van der Waals surface area (Å²) in [7, 11) is 0. The third kappa shape index (κ3) is 3.27. The molecule has 2 aliphatic rings. The average molecular weight is 269 g/mol. The lowest BCUT2D eigenvalue weighted by atomic mass is 10.0. The van der Waals surface area contributed by atoms with E-state index in [0.717, 1.165) is 32.8 Å². The quantitative estimate of drug-likeness (QED) is 0.808. The molecule has 2 fully saturated rings. The third-order valence-corrected chi connectivity index (χ3v) is 4.13. The highest BCUT2D eigenvalue weighted by Gasteiger charge is 2.40. The first-order valence-corrected chi connectivity index (χ1v) is 7.39. The molecule has 110 valence electrons. The summed E-state index contributed by atoms with van der Waals surface area (Å²) in [6.07, 6.45) is 0.135. The molecule has 0 aromatic carbocycles. The number of carbonyl (C=O) groups is 1. The fraction of sp³-hybridized carbons (Fsp3) is 0.929. The van der Waals surface area contributed by atoms with Gasteiger partial charge in [0.15, 0.2) is 0 Å². The highest BCUT2D eigenvalue weighted by atomic mass is 16.5. The second-order valence-electron chi connectivity index (χ2n) is 6.07. The molecule has 0 aromatic rings. The molecular formula is C14H27N3O2. The summed E-state index contributed by atoms with van der Waals surface area (Å²) in [5.74, 6) is 0.596. The standard InChI is InChI=1S/C14H27N3O2/c1-10(2)13-14(18)17(12(4)15-13)11(3)9-16-5-7-19-8-6-16/h10-13,15H,5-9H2,1-4H3. The Bertz CT molecular complexity index is 316. The minimum atomic E-state index is -0.0258. The van der Waals surface area contributed by atoms with E-state index in [1.165, 1.54) is 0 Å². The lowest BCUT2D eigenvalue weighted by molar-refractivity contribution is -0.133. The molecule has 0 bridgehead atoms. The van der Waals surface area contributed by atoms with Gasteiger partial charge in [0, 0.05) is 25.7 Å². The molecule has 19 heavy (non-hydrogen) atoms. The Hall–Kier alpha value is -0.650. The molecule has 2 aliphatic heterocycles. The Morgan fingerprint density at radius 1 is 1.32 bits per heavy atom. The maximum Gasteiger partial charge on any atom is 0.241 e. The van der Waals surface area contributed by atoms with Gasteiger partial charge < -0.3 is 9.64 Å². The van der Waals surface area contributed by atoms with E-state index in [-0.39, 0.29) is 24.2 Å². The van der Waals surface area contributed by atoms with Crippen molar-refractivity contribution in [1.82, 2.24) is 15.1 Å². The zero-order valence-corrected chi connectivity index (χ0v) is 12.6. The van der Waals surface area contributed by atoms with Gasteiger partial charge in [-0.15, -0.1) is 0 Å². The van der Waals surface area contributed by atoms with Gasteiger partial charge in [-0.25, -0.2) is 0 Å². The number of hydrogen-bond acceptors (Lipinski definition) is 4.